The van der Waals surface area contributed by atoms with E-state index < -0.39 is 11.9 Å². The Hall–Kier alpha value is -3.10. The largest absolute Gasteiger partial charge is 0.481 e. The molecule has 1 aliphatic heterocycles. The average Bonchev–Trinajstić information content (AvgIpc) is 3.03. The number of fused-ring (bicyclic) bond motifs is 1. The van der Waals surface area contributed by atoms with E-state index in [0.29, 0.717) is 12.1 Å². The monoisotopic (exact) mass is 462 g/mol. The number of carboxylic acids is 2. The van der Waals surface area contributed by atoms with E-state index in [-0.39, 0.29) is 18.8 Å². The van der Waals surface area contributed by atoms with Crippen LogP contribution in [-0.2, 0) is 33.7 Å². The Labute approximate surface area is 191 Å². The quantitative estimate of drug-likeness (QED) is 0.461. The number of nitrogens with one attached hydrogen (secondary N) is 2. The number of hydrogen-bond donors (Lipinski definition) is 4. The molecule has 2 aromatic carbocycles. The summed E-state index contributed by atoms with van der Waals surface area (Å²) in [4.78, 5) is 30.8. The van der Waals surface area contributed by atoms with Crippen LogP contribution in [0.5, 0.6) is 0 Å². The molecule has 0 spiro atoms. The van der Waals surface area contributed by atoms with Crippen LogP contribution >= 0.6 is 11.6 Å². The van der Waals surface area contributed by atoms with Gasteiger partial charge in [0.15, 0.2) is 0 Å². The fraction of sp³-hybridized carbons (Fsp3) is 0.348. The van der Waals surface area contributed by atoms with Crippen molar-refractivity contribution in [1.29, 1.82) is 0 Å². The summed E-state index contributed by atoms with van der Waals surface area (Å²) in [5, 5.41) is 23.4. The van der Waals surface area contributed by atoms with Crippen LogP contribution in [0.3, 0.4) is 0 Å². The van der Waals surface area contributed by atoms with Crippen molar-refractivity contribution in [1.82, 2.24) is 5.32 Å². The number of ether oxygens (including phenoxy) is 1. The predicted octanol–water partition coefficient (Wildman–Crippen LogP) is 3.36. The third-order valence-electron chi connectivity index (χ3n) is 4.88. The summed E-state index contributed by atoms with van der Waals surface area (Å²) in [6, 6.07) is 11.5. The Morgan fingerprint density at radius 1 is 1.00 bits per heavy atom. The number of rotatable bonds is 7. The molecule has 0 fully saturated rings. The molecule has 8 nitrogen and oxygen atoms in total. The van der Waals surface area contributed by atoms with Crippen LogP contribution in [-0.4, -0.2) is 48.3 Å². The van der Waals surface area contributed by atoms with Gasteiger partial charge in [-0.15, -0.1) is 0 Å². The minimum absolute atomic E-state index is 0.296. The van der Waals surface area contributed by atoms with Gasteiger partial charge in [-0.25, -0.2) is 4.79 Å². The summed E-state index contributed by atoms with van der Waals surface area (Å²) < 4.78 is 4.72. The Morgan fingerprint density at radius 2 is 1.62 bits per heavy atom. The summed E-state index contributed by atoms with van der Waals surface area (Å²) in [6.45, 7) is 2.63. The molecule has 2 aromatic rings. The molecule has 172 valence electrons. The van der Waals surface area contributed by atoms with Crippen LogP contribution in [0, 0.1) is 0 Å². The molecule has 9 heteroatoms. The predicted molar refractivity (Wildman–Crippen MR) is 121 cm³/mol. The number of esters is 1. The van der Waals surface area contributed by atoms with Crippen LogP contribution in [0.2, 0.25) is 5.02 Å². The number of hydrogen-bond acceptors (Lipinski definition) is 6. The molecular weight excluding hydrogens is 436 g/mol. The molecular formula is C23H27ClN2O6. The first-order valence-electron chi connectivity index (χ1n) is 10.2. The van der Waals surface area contributed by atoms with Crippen molar-refractivity contribution in [2.24, 2.45) is 0 Å². The summed E-state index contributed by atoms with van der Waals surface area (Å²) in [5.41, 5.74) is 5.32. The zero-order valence-electron chi connectivity index (χ0n) is 17.8. The van der Waals surface area contributed by atoms with Crippen LogP contribution < -0.4 is 10.6 Å². The smallest absolute Gasteiger partial charge is 0.337 e. The number of carbonyl (C=O) groups is 3. The number of carboxylic acid groups (broad SMARTS) is 2. The minimum Gasteiger partial charge on any atom is -0.481 e. The van der Waals surface area contributed by atoms with Crippen LogP contribution in [0.1, 0.15) is 39.9 Å². The lowest BCUT2D eigenvalue weighted by Gasteiger charge is -2.16. The molecule has 0 atom stereocenters. The Morgan fingerprint density at radius 3 is 2.22 bits per heavy atom. The highest BCUT2D eigenvalue weighted by Gasteiger charge is 2.14. The second-order valence-electron chi connectivity index (χ2n) is 7.14. The van der Waals surface area contributed by atoms with Gasteiger partial charge in [0.1, 0.15) is 0 Å². The molecule has 0 radical (unpaired) electrons. The summed E-state index contributed by atoms with van der Waals surface area (Å²) >= 11 is 6.42. The van der Waals surface area contributed by atoms with Crippen molar-refractivity contribution >= 4 is 35.2 Å². The van der Waals surface area contributed by atoms with Crippen LogP contribution in [0.15, 0.2) is 36.4 Å². The number of halogens is 1. The van der Waals surface area contributed by atoms with Crippen molar-refractivity contribution in [3.8, 4) is 0 Å². The number of carbonyl (C=O) groups excluding carboxylic acids is 1. The standard InChI is InChI=1S/C19H21ClN2O2.C4H6O4/c1-24-19(23)15-4-2-13(3-5-15)12-22-18-16-9-11-21-10-8-14(16)6-7-17(18)20;5-3(6)1-2-4(7)8/h2-7,21-22H,8-12H2,1H3;1-2H2,(H,5,6)(H,7,8). The van der Waals surface area contributed by atoms with E-state index >= 15 is 0 Å². The molecule has 0 aromatic heterocycles. The fourth-order valence-corrected chi connectivity index (χ4v) is 3.46. The number of benzene rings is 2. The molecule has 32 heavy (non-hydrogen) atoms. The maximum absolute atomic E-state index is 11.5. The average molecular weight is 463 g/mol. The Bertz CT molecular complexity index is 932. The van der Waals surface area contributed by atoms with Gasteiger partial charge in [0.05, 0.1) is 36.2 Å². The van der Waals surface area contributed by atoms with Crippen molar-refractivity contribution in [2.75, 3.05) is 25.5 Å². The van der Waals surface area contributed by atoms with Crippen LogP contribution in [0.4, 0.5) is 5.69 Å². The van der Waals surface area contributed by atoms with Gasteiger partial charge >= 0.3 is 17.9 Å². The van der Waals surface area contributed by atoms with E-state index in [4.69, 9.17) is 26.6 Å². The van der Waals surface area contributed by atoms with E-state index in [1.54, 1.807) is 12.1 Å². The molecule has 1 aliphatic rings. The van der Waals surface area contributed by atoms with Crippen molar-refractivity contribution in [2.45, 2.75) is 32.2 Å². The second-order valence-corrected chi connectivity index (χ2v) is 7.55. The molecule has 0 unspecified atom stereocenters. The molecule has 0 amide bonds. The highest BCUT2D eigenvalue weighted by Crippen LogP contribution is 2.31. The third-order valence-corrected chi connectivity index (χ3v) is 5.19. The molecule has 1 heterocycles. The Kier molecular flexibility index (Phi) is 9.97. The topological polar surface area (TPSA) is 125 Å². The van der Waals surface area contributed by atoms with Gasteiger partial charge in [0.2, 0.25) is 0 Å². The van der Waals surface area contributed by atoms with Gasteiger partial charge < -0.3 is 25.6 Å². The van der Waals surface area contributed by atoms with E-state index in [1.807, 2.05) is 18.2 Å². The molecule has 0 saturated carbocycles. The normalized spacial score (nSPS) is 12.4. The van der Waals surface area contributed by atoms with Crippen molar-refractivity contribution < 1.29 is 29.3 Å². The fourth-order valence-electron chi connectivity index (χ4n) is 3.22. The molecule has 0 aliphatic carbocycles. The van der Waals surface area contributed by atoms with Gasteiger partial charge in [-0.05, 0) is 60.8 Å². The first-order chi connectivity index (χ1) is 15.3. The zero-order valence-corrected chi connectivity index (χ0v) is 18.6. The lowest BCUT2D eigenvalue weighted by Crippen LogP contribution is -2.16. The van der Waals surface area contributed by atoms with Gasteiger partial charge in [0.25, 0.3) is 0 Å². The molecule has 4 N–H and O–H groups in total. The first kappa shape index (κ1) is 25.2. The van der Waals surface area contributed by atoms with Crippen molar-refractivity contribution in [3.63, 3.8) is 0 Å². The second kappa shape index (κ2) is 12.7. The van der Waals surface area contributed by atoms with E-state index in [9.17, 15) is 14.4 Å². The van der Waals surface area contributed by atoms with Gasteiger partial charge in [-0.2, -0.15) is 0 Å². The highest BCUT2D eigenvalue weighted by atomic mass is 35.5. The van der Waals surface area contributed by atoms with Gasteiger partial charge in [-0.1, -0.05) is 29.8 Å². The van der Waals surface area contributed by atoms with E-state index in [2.05, 4.69) is 16.7 Å². The maximum Gasteiger partial charge on any atom is 0.337 e. The van der Waals surface area contributed by atoms with E-state index in [1.165, 1.54) is 18.2 Å². The van der Waals surface area contributed by atoms with Crippen LogP contribution in [0.25, 0.3) is 0 Å². The summed E-state index contributed by atoms with van der Waals surface area (Å²) in [7, 11) is 1.38. The van der Waals surface area contributed by atoms with Gasteiger partial charge in [-0.3, -0.25) is 9.59 Å². The Balaban J connectivity index is 0.000000390. The summed E-state index contributed by atoms with van der Waals surface area (Å²) in [6.07, 6.45) is 1.40. The highest BCUT2D eigenvalue weighted by molar-refractivity contribution is 6.33. The molecule has 0 saturated heterocycles. The maximum atomic E-state index is 11.5. The van der Waals surface area contributed by atoms with E-state index in [0.717, 1.165) is 42.2 Å². The number of aliphatic carboxylic acids is 2. The zero-order chi connectivity index (χ0) is 23.5. The molecule has 0 bridgehead atoms. The summed E-state index contributed by atoms with van der Waals surface area (Å²) in [5.74, 6) is -2.47. The first-order valence-corrected chi connectivity index (χ1v) is 10.5. The lowest BCUT2D eigenvalue weighted by atomic mass is 10.0. The minimum atomic E-state index is -1.08. The lowest BCUT2D eigenvalue weighted by molar-refractivity contribution is -0.143. The van der Waals surface area contributed by atoms with Crippen molar-refractivity contribution in [3.05, 3.63) is 63.7 Å². The SMILES string of the molecule is COC(=O)c1ccc(CNc2c(Cl)ccc3c2CCNCC3)cc1.O=C(O)CCC(=O)O. The number of anilines is 1. The van der Waals surface area contributed by atoms with Gasteiger partial charge in [0, 0.05) is 6.54 Å². The molecule has 3 rings (SSSR count). The third kappa shape index (κ3) is 7.86. The number of methoxy groups -OCH3 is 1.